The molecule has 1 amide bonds. The summed E-state index contributed by atoms with van der Waals surface area (Å²) in [5.74, 6) is 5.23. The van der Waals surface area contributed by atoms with Crippen molar-refractivity contribution in [3.63, 3.8) is 0 Å². The van der Waals surface area contributed by atoms with Crippen molar-refractivity contribution in [1.82, 2.24) is 0 Å². The number of nitrogens with one attached hydrogen (secondary N) is 1. The average Bonchev–Trinajstić information content (AvgIpc) is 2.66. The largest absolute Gasteiger partial charge is 0.478 e. The minimum atomic E-state index is -1.02. The summed E-state index contributed by atoms with van der Waals surface area (Å²) in [7, 11) is 0. The van der Waals surface area contributed by atoms with Gasteiger partial charge in [-0.1, -0.05) is 26.0 Å². The van der Waals surface area contributed by atoms with Gasteiger partial charge in [0.15, 0.2) is 5.69 Å². The molecule has 0 heterocycles. The van der Waals surface area contributed by atoms with Crippen molar-refractivity contribution in [1.29, 1.82) is 0 Å². The van der Waals surface area contributed by atoms with Crippen LogP contribution in [-0.4, -0.2) is 32.6 Å². The smallest absolute Gasteiger partial charge is 0.335 e. The number of hydrazine groups is 1. The van der Waals surface area contributed by atoms with E-state index in [2.05, 4.69) is 19.2 Å². The van der Waals surface area contributed by atoms with Crippen LogP contribution in [0.1, 0.15) is 35.7 Å². The van der Waals surface area contributed by atoms with Crippen molar-refractivity contribution in [3.05, 3.63) is 59.7 Å². The minimum Gasteiger partial charge on any atom is -0.478 e. The van der Waals surface area contributed by atoms with E-state index in [0.29, 0.717) is 11.6 Å². The summed E-state index contributed by atoms with van der Waals surface area (Å²) in [4.78, 5) is 23.0. The average molecular weight is 387 g/mol. The molecule has 0 aromatic heterocycles. The number of aromatic carboxylic acids is 1. The van der Waals surface area contributed by atoms with Gasteiger partial charge in [-0.2, -0.15) is 0 Å². The summed E-state index contributed by atoms with van der Waals surface area (Å²) in [6.45, 7) is 4.22. The maximum atomic E-state index is 12.1. The van der Waals surface area contributed by atoms with Crippen LogP contribution in [0.2, 0.25) is 0 Å². The number of amides is 1. The van der Waals surface area contributed by atoms with Gasteiger partial charge in [-0.05, 0) is 59.6 Å². The number of carboxylic acids is 1. The molecule has 0 unspecified atom stereocenters. The van der Waals surface area contributed by atoms with Gasteiger partial charge in [0.05, 0.1) is 11.3 Å². The van der Waals surface area contributed by atoms with Gasteiger partial charge in [0.1, 0.15) is 0 Å². The Kier molecular flexibility index (Phi) is 6.84. The molecule has 2 rings (SSSR count). The van der Waals surface area contributed by atoms with E-state index < -0.39 is 5.97 Å². The second-order valence-electron chi connectivity index (χ2n) is 6.17. The Morgan fingerprint density at radius 1 is 1.11 bits per heavy atom. The number of nitrogens with two attached hydrogens (primary N) is 2. The second kappa shape index (κ2) is 9.09. The topological polar surface area (TPSA) is 121 Å². The first-order chi connectivity index (χ1) is 12.8. The number of benzene rings is 2. The SMILES string of the molecule is CC(C)c1ccc(NC(=O)CS/C(N)=[N+](/N)c2ccc(C(=O)O)cc2)cc1. The lowest BCUT2D eigenvalue weighted by Crippen LogP contribution is -2.29. The molecular formula is C19H23N4O3S+. The van der Waals surface area contributed by atoms with E-state index in [0.717, 1.165) is 17.4 Å². The summed E-state index contributed by atoms with van der Waals surface area (Å²) in [6.07, 6.45) is 0. The van der Waals surface area contributed by atoms with Gasteiger partial charge < -0.3 is 10.4 Å². The van der Waals surface area contributed by atoms with Gasteiger partial charge in [0.25, 0.3) is 0 Å². The predicted octanol–water partition coefficient (Wildman–Crippen LogP) is 2.71. The number of hydrogen-bond donors (Lipinski definition) is 4. The molecule has 0 atom stereocenters. The molecule has 2 aromatic rings. The van der Waals surface area contributed by atoms with Crippen LogP contribution in [0.5, 0.6) is 0 Å². The number of rotatable bonds is 6. The van der Waals surface area contributed by atoms with Crippen molar-refractivity contribution in [2.75, 3.05) is 11.1 Å². The summed E-state index contributed by atoms with van der Waals surface area (Å²) in [6, 6.07) is 13.7. The number of thioether (sulfide) groups is 1. The Balaban J connectivity index is 1.94. The highest BCUT2D eigenvalue weighted by atomic mass is 32.2. The summed E-state index contributed by atoms with van der Waals surface area (Å²) >= 11 is 1.09. The third kappa shape index (κ3) is 5.75. The van der Waals surface area contributed by atoms with Crippen molar-refractivity contribution < 1.29 is 19.4 Å². The zero-order valence-corrected chi connectivity index (χ0v) is 16.0. The number of hydrogen-bond acceptors (Lipinski definition) is 4. The molecule has 7 nitrogen and oxygen atoms in total. The van der Waals surface area contributed by atoms with E-state index in [4.69, 9.17) is 16.7 Å². The Labute approximate surface area is 162 Å². The molecule has 2 aromatic carbocycles. The standard InChI is InChI=1S/C19H22N4O3S/c1-12(2)13-3-7-15(8-4-13)22-17(24)11-27-19(20)23(21)16-9-5-14(6-10-16)18(25)26/h3-10,12,20H,11,21H2,1-2H3,(H2,22,24,25,26)/p+1. The van der Waals surface area contributed by atoms with Crippen LogP contribution in [0.3, 0.4) is 0 Å². The fraction of sp³-hybridized carbons (Fsp3) is 0.211. The second-order valence-corrected chi connectivity index (χ2v) is 7.17. The van der Waals surface area contributed by atoms with Gasteiger partial charge in [0.2, 0.25) is 5.91 Å². The Morgan fingerprint density at radius 3 is 2.22 bits per heavy atom. The highest BCUT2D eigenvalue weighted by Crippen LogP contribution is 2.17. The molecule has 0 aliphatic carbocycles. The lowest BCUT2D eigenvalue weighted by Gasteiger charge is -2.08. The maximum absolute atomic E-state index is 12.1. The number of hydrazone groups is 1. The zero-order valence-electron chi connectivity index (χ0n) is 15.2. The fourth-order valence-electron chi connectivity index (χ4n) is 2.25. The number of carbonyl (C=O) groups excluding carboxylic acids is 1. The van der Waals surface area contributed by atoms with Crippen LogP contribution < -0.4 is 16.9 Å². The fourth-order valence-corrected chi connectivity index (χ4v) is 2.84. The van der Waals surface area contributed by atoms with Crippen LogP contribution in [0.25, 0.3) is 0 Å². The summed E-state index contributed by atoms with van der Waals surface area (Å²) in [5.41, 5.74) is 8.52. The molecule has 0 spiro atoms. The number of nitrogens with zero attached hydrogens (tertiary/aromatic N) is 1. The van der Waals surface area contributed by atoms with Crippen LogP contribution in [0, 0.1) is 0 Å². The molecule has 0 aliphatic heterocycles. The molecule has 8 heteroatoms. The van der Waals surface area contributed by atoms with Gasteiger partial charge in [-0.25, -0.2) is 4.79 Å². The summed E-state index contributed by atoms with van der Waals surface area (Å²) in [5, 5.41) is 11.9. The highest BCUT2D eigenvalue weighted by Gasteiger charge is 2.13. The van der Waals surface area contributed by atoms with Crippen molar-refractivity contribution in [3.8, 4) is 0 Å². The Hall–Kier alpha value is -3.00. The van der Waals surface area contributed by atoms with E-state index in [1.54, 1.807) is 12.1 Å². The third-order valence-electron chi connectivity index (χ3n) is 3.84. The molecule has 142 valence electrons. The first kappa shape index (κ1) is 20.3. The molecule has 0 radical (unpaired) electrons. The quantitative estimate of drug-likeness (QED) is 0.199. The highest BCUT2D eigenvalue weighted by molar-refractivity contribution is 8.14. The number of anilines is 1. The molecule has 0 bridgehead atoms. The van der Waals surface area contributed by atoms with E-state index in [1.807, 2.05) is 24.3 Å². The molecule has 0 aliphatic rings. The first-order valence-corrected chi connectivity index (χ1v) is 9.29. The Bertz CT molecular complexity index is 846. The van der Waals surface area contributed by atoms with Crippen molar-refractivity contribution in [2.45, 2.75) is 19.8 Å². The van der Waals surface area contributed by atoms with E-state index in [1.165, 1.54) is 22.4 Å². The van der Waals surface area contributed by atoms with Crippen LogP contribution in [0.4, 0.5) is 11.4 Å². The maximum Gasteiger partial charge on any atom is 0.335 e. The molecule has 6 N–H and O–H groups in total. The lowest BCUT2D eigenvalue weighted by atomic mass is 10.0. The number of amidine groups is 1. The van der Waals surface area contributed by atoms with E-state index in [-0.39, 0.29) is 22.4 Å². The molecular weight excluding hydrogens is 364 g/mol. The molecule has 27 heavy (non-hydrogen) atoms. The van der Waals surface area contributed by atoms with Crippen LogP contribution in [-0.2, 0) is 4.79 Å². The van der Waals surface area contributed by atoms with Crippen LogP contribution >= 0.6 is 11.8 Å². The minimum absolute atomic E-state index is 0.0959. The van der Waals surface area contributed by atoms with Gasteiger partial charge in [-0.15, -0.1) is 4.68 Å². The van der Waals surface area contributed by atoms with Gasteiger partial charge >= 0.3 is 11.1 Å². The lowest BCUT2D eigenvalue weighted by molar-refractivity contribution is -0.450. The van der Waals surface area contributed by atoms with E-state index in [9.17, 15) is 9.59 Å². The number of carboxylic acid groups (broad SMARTS) is 1. The third-order valence-corrected chi connectivity index (χ3v) is 4.74. The Morgan fingerprint density at radius 2 is 1.70 bits per heavy atom. The molecule has 0 saturated heterocycles. The normalized spacial score (nSPS) is 11.8. The monoisotopic (exact) mass is 387 g/mol. The number of carbonyl (C=O) groups is 2. The first-order valence-electron chi connectivity index (χ1n) is 8.31. The molecule has 0 fully saturated rings. The van der Waals surface area contributed by atoms with Gasteiger partial charge in [-0.3, -0.25) is 16.4 Å². The predicted molar refractivity (Wildman–Crippen MR) is 108 cm³/mol. The van der Waals surface area contributed by atoms with Crippen molar-refractivity contribution >= 4 is 40.2 Å². The van der Waals surface area contributed by atoms with Crippen LogP contribution in [0.15, 0.2) is 48.5 Å². The van der Waals surface area contributed by atoms with E-state index >= 15 is 0 Å². The summed E-state index contributed by atoms with van der Waals surface area (Å²) < 4.78 is 1.21. The zero-order chi connectivity index (χ0) is 20.0. The van der Waals surface area contributed by atoms with Crippen molar-refractivity contribution in [2.24, 2.45) is 11.6 Å². The van der Waals surface area contributed by atoms with Gasteiger partial charge in [0, 0.05) is 5.69 Å². The molecule has 0 saturated carbocycles.